The third-order valence-corrected chi connectivity index (χ3v) is 2.02. The summed E-state index contributed by atoms with van der Waals surface area (Å²) in [6, 6.07) is 0. The minimum atomic E-state index is -0.197. The fraction of sp³-hybridized carbons (Fsp3) is 1.00. The molecule has 2 N–H and O–H groups in total. The van der Waals surface area contributed by atoms with Gasteiger partial charge in [-0.15, -0.1) is 0 Å². The second-order valence-corrected chi connectivity index (χ2v) is 4.20. The molecule has 2 heteroatoms. The lowest BCUT2D eigenvalue weighted by Crippen LogP contribution is -2.31. The van der Waals surface area contributed by atoms with Gasteiger partial charge in [0.15, 0.2) is 0 Å². The lowest BCUT2D eigenvalue weighted by atomic mass is 10.1. The first-order valence-electron chi connectivity index (χ1n) is 4.92. The predicted octanol–water partition coefficient (Wildman–Crippen LogP) is 1.64. The molecule has 0 saturated heterocycles. The molecule has 0 fully saturated rings. The highest BCUT2D eigenvalue weighted by Crippen LogP contribution is 2.00. The van der Waals surface area contributed by atoms with Crippen molar-refractivity contribution in [3.8, 4) is 0 Å². The van der Waals surface area contributed by atoms with Gasteiger partial charge >= 0.3 is 0 Å². The van der Waals surface area contributed by atoms with E-state index < -0.39 is 0 Å². The Morgan fingerprint density at radius 3 is 2.17 bits per heavy atom. The molecule has 0 aromatic carbocycles. The third kappa shape index (κ3) is 6.62. The number of hydrogen-bond donors (Lipinski definition) is 2. The van der Waals surface area contributed by atoms with Crippen LogP contribution in [0.4, 0.5) is 0 Å². The fourth-order valence-corrected chi connectivity index (χ4v) is 0.876. The van der Waals surface area contributed by atoms with Crippen molar-refractivity contribution < 1.29 is 5.11 Å². The number of aliphatic hydroxyl groups is 1. The van der Waals surface area contributed by atoms with Crippen LogP contribution in [0.5, 0.6) is 0 Å². The monoisotopic (exact) mass is 173 g/mol. The van der Waals surface area contributed by atoms with Gasteiger partial charge in [0.05, 0.1) is 6.10 Å². The third-order valence-electron chi connectivity index (χ3n) is 2.02. The van der Waals surface area contributed by atoms with Crippen molar-refractivity contribution in [1.29, 1.82) is 0 Å². The zero-order valence-corrected chi connectivity index (χ0v) is 8.80. The molecule has 12 heavy (non-hydrogen) atoms. The molecule has 2 nitrogen and oxygen atoms in total. The highest BCUT2D eigenvalue weighted by molar-refractivity contribution is 4.63. The molecule has 0 aromatic heterocycles. The Kier molecular flexibility index (Phi) is 6.39. The molecule has 0 aliphatic rings. The molecule has 0 rings (SSSR count). The van der Waals surface area contributed by atoms with Gasteiger partial charge in [-0.2, -0.15) is 0 Å². The van der Waals surface area contributed by atoms with E-state index in [-0.39, 0.29) is 6.10 Å². The van der Waals surface area contributed by atoms with E-state index in [0.29, 0.717) is 5.92 Å². The number of nitrogens with one attached hydrogen (secondary N) is 1. The van der Waals surface area contributed by atoms with E-state index in [1.165, 1.54) is 6.42 Å². The van der Waals surface area contributed by atoms with Crippen molar-refractivity contribution in [3.05, 3.63) is 0 Å². The average Bonchev–Trinajstić information content (AvgIpc) is 1.97. The van der Waals surface area contributed by atoms with Gasteiger partial charge in [0, 0.05) is 6.54 Å². The summed E-state index contributed by atoms with van der Waals surface area (Å²) in [6.45, 7) is 10.2. The molecule has 0 aliphatic heterocycles. The lowest BCUT2D eigenvalue weighted by Gasteiger charge is -2.15. The van der Waals surface area contributed by atoms with E-state index in [9.17, 15) is 5.11 Å². The summed E-state index contributed by atoms with van der Waals surface area (Å²) in [6.07, 6.45) is 0.988. The summed E-state index contributed by atoms with van der Waals surface area (Å²) in [7, 11) is 0. The topological polar surface area (TPSA) is 32.3 Å². The van der Waals surface area contributed by atoms with Gasteiger partial charge in [-0.25, -0.2) is 0 Å². The van der Waals surface area contributed by atoms with Crippen LogP contribution >= 0.6 is 0 Å². The Balaban J connectivity index is 3.20. The summed E-state index contributed by atoms with van der Waals surface area (Å²) >= 11 is 0. The first kappa shape index (κ1) is 11.9. The average molecular weight is 173 g/mol. The zero-order valence-electron chi connectivity index (χ0n) is 8.80. The number of aliphatic hydroxyl groups excluding tert-OH is 1. The van der Waals surface area contributed by atoms with Crippen molar-refractivity contribution in [1.82, 2.24) is 5.32 Å². The van der Waals surface area contributed by atoms with Crippen LogP contribution in [0, 0.1) is 11.8 Å². The molecular formula is C10H23NO. The molecule has 1 atom stereocenters. The van der Waals surface area contributed by atoms with Gasteiger partial charge in [0.1, 0.15) is 0 Å². The second kappa shape index (κ2) is 6.44. The van der Waals surface area contributed by atoms with Gasteiger partial charge in [0.25, 0.3) is 0 Å². The van der Waals surface area contributed by atoms with E-state index in [1.807, 2.05) is 13.8 Å². The van der Waals surface area contributed by atoms with Crippen LogP contribution < -0.4 is 5.32 Å². The van der Waals surface area contributed by atoms with Crippen LogP contribution in [-0.2, 0) is 0 Å². The van der Waals surface area contributed by atoms with E-state index in [2.05, 4.69) is 19.2 Å². The van der Waals surface area contributed by atoms with Gasteiger partial charge in [-0.1, -0.05) is 27.7 Å². The fourth-order valence-electron chi connectivity index (χ4n) is 0.876. The van der Waals surface area contributed by atoms with Crippen LogP contribution in [0.2, 0.25) is 0 Å². The Morgan fingerprint density at radius 2 is 1.75 bits per heavy atom. The Bertz CT molecular complexity index is 102. The van der Waals surface area contributed by atoms with E-state index in [1.54, 1.807) is 0 Å². The predicted molar refractivity (Wildman–Crippen MR) is 53.2 cm³/mol. The summed E-state index contributed by atoms with van der Waals surface area (Å²) in [5.41, 5.74) is 0. The molecule has 0 heterocycles. The van der Waals surface area contributed by atoms with Gasteiger partial charge in [0.2, 0.25) is 0 Å². The van der Waals surface area contributed by atoms with Crippen LogP contribution in [-0.4, -0.2) is 24.3 Å². The van der Waals surface area contributed by atoms with E-state index in [4.69, 9.17) is 0 Å². The minimum absolute atomic E-state index is 0.197. The van der Waals surface area contributed by atoms with Gasteiger partial charge in [-0.05, 0) is 24.8 Å². The maximum absolute atomic E-state index is 9.43. The summed E-state index contributed by atoms with van der Waals surface area (Å²) in [5.74, 6) is 1.10. The highest BCUT2D eigenvalue weighted by atomic mass is 16.3. The van der Waals surface area contributed by atoms with Crippen molar-refractivity contribution in [2.75, 3.05) is 13.1 Å². The van der Waals surface area contributed by atoms with Crippen LogP contribution in [0.15, 0.2) is 0 Å². The van der Waals surface area contributed by atoms with Crippen LogP contribution in [0.25, 0.3) is 0 Å². The summed E-state index contributed by atoms with van der Waals surface area (Å²) in [5, 5.41) is 12.7. The SMILES string of the molecule is CC(C)CCNCC(O)C(C)C. The molecule has 0 radical (unpaired) electrons. The van der Waals surface area contributed by atoms with Crippen molar-refractivity contribution in [3.63, 3.8) is 0 Å². The Morgan fingerprint density at radius 1 is 1.17 bits per heavy atom. The standard InChI is InChI=1S/C10H23NO/c1-8(2)5-6-11-7-10(12)9(3)4/h8-12H,5-7H2,1-4H3. The Hall–Kier alpha value is -0.0800. The minimum Gasteiger partial charge on any atom is -0.392 e. The van der Waals surface area contributed by atoms with Crippen molar-refractivity contribution in [2.24, 2.45) is 11.8 Å². The smallest absolute Gasteiger partial charge is 0.0687 e. The first-order valence-corrected chi connectivity index (χ1v) is 4.92. The van der Waals surface area contributed by atoms with Crippen LogP contribution in [0.1, 0.15) is 34.1 Å². The van der Waals surface area contributed by atoms with Gasteiger partial charge < -0.3 is 10.4 Å². The first-order chi connectivity index (χ1) is 5.54. The zero-order chi connectivity index (χ0) is 9.56. The molecule has 74 valence electrons. The normalized spacial score (nSPS) is 14.2. The Labute approximate surface area is 76.4 Å². The second-order valence-electron chi connectivity index (χ2n) is 4.20. The van der Waals surface area contributed by atoms with Gasteiger partial charge in [-0.3, -0.25) is 0 Å². The van der Waals surface area contributed by atoms with Crippen LogP contribution in [0.3, 0.4) is 0 Å². The van der Waals surface area contributed by atoms with E-state index >= 15 is 0 Å². The maximum Gasteiger partial charge on any atom is 0.0687 e. The maximum atomic E-state index is 9.43. The van der Waals surface area contributed by atoms with Crippen molar-refractivity contribution in [2.45, 2.75) is 40.2 Å². The molecule has 0 aliphatic carbocycles. The molecule has 0 aromatic rings. The molecule has 0 bridgehead atoms. The summed E-state index contributed by atoms with van der Waals surface area (Å²) < 4.78 is 0. The summed E-state index contributed by atoms with van der Waals surface area (Å²) in [4.78, 5) is 0. The quantitative estimate of drug-likeness (QED) is 0.598. The highest BCUT2D eigenvalue weighted by Gasteiger charge is 2.07. The molecular weight excluding hydrogens is 150 g/mol. The lowest BCUT2D eigenvalue weighted by molar-refractivity contribution is 0.123. The number of rotatable bonds is 6. The molecule has 0 spiro atoms. The molecule has 1 unspecified atom stereocenters. The molecule has 0 amide bonds. The molecule has 0 saturated carbocycles. The number of hydrogen-bond acceptors (Lipinski definition) is 2. The van der Waals surface area contributed by atoms with Crippen molar-refractivity contribution >= 4 is 0 Å². The van der Waals surface area contributed by atoms with E-state index in [0.717, 1.165) is 19.0 Å². The largest absolute Gasteiger partial charge is 0.392 e.